The van der Waals surface area contributed by atoms with Crippen LogP contribution in [0.4, 0.5) is 0 Å². The highest BCUT2D eigenvalue weighted by Gasteiger charge is 2.15. The molecule has 0 saturated heterocycles. The second-order valence-electron chi connectivity index (χ2n) is 2.73. The summed E-state index contributed by atoms with van der Waals surface area (Å²) in [5.41, 5.74) is 0.308. The first-order valence-electron chi connectivity index (χ1n) is 3.95. The normalized spacial score (nSPS) is 9.94. The Kier molecular flexibility index (Phi) is 4.41. The van der Waals surface area contributed by atoms with Gasteiger partial charge in [-0.05, 0) is 12.1 Å². The van der Waals surface area contributed by atoms with Crippen LogP contribution in [0.15, 0.2) is 12.1 Å². The molecule has 0 spiro atoms. The number of aliphatic carboxylic acids is 1. The standard InChI is InChI=1S/C9H5Cl3O4/c10-4-1-6(11)5(7(12)2-4)3-16-9(15)8(13)14/h1-2H,3H2,(H,13,14). The number of esters is 1. The van der Waals surface area contributed by atoms with Gasteiger partial charge in [0.1, 0.15) is 6.61 Å². The number of ether oxygens (including phenoxy) is 1. The lowest BCUT2D eigenvalue weighted by Gasteiger charge is -2.07. The van der Waals surface area contributed by atoms with E-state index in [1.807, 2.05) is 0 Å². The topological polar surface area (TPSA) is 63.6 Å². The Balaban J connectivity index is 2.82. The van der Waals surface area contributed by atoms with E-state index in [1.165, 1.54) is 12.1 Å². The lowest BCUT2D eigenvalue weighted by atomic mass is 10.2. The number of benzene rings is 1. The third-order valence-corrected chi connectivity index (χ3v) is 2.52. The molecule has 0 amide bonds. The van der Waals surface area contributed by atoms with Crippen molar-refractivity contribution in [3.05, 3.63) is 32.8 Å². The predicted octanol–water partition coefficient (Wildman–Crippen LogP) is 2.77. The van der Waals surface area contributed by atoms with Gasteiger partial charge in [-0.1, -0.05) is 34.8 Å². The average molecular weight is 283 g/mol. The summed E-state index contributed by atoms with van der Waals surface area (Å²) in [6, 6.07) is 2.83. The number of carboxylic acid groups (broad SMARTS) is 1. The lowest BCUT2D eigenvalue weighted by molar-refractivity contribution is -0.164. The Morgan fingerprint density at radius 2 is 1.69 bits per heavy atom. The minimum absolute atomic E-state index is 0.204. The van der Waals surface area contributed by atoms with Crippen molar-refractivity contribution in [2.75, 3.05) is 0 Å². The molecular weight excluding hydrogens is 278 g/mol. The van der Waals surface area contributed by atoms with Crippen molar-refractivity contribution in [3.8, 4) is 0 Å². The highest BCUT2D eigenvalue weighted by atomic mass is 35.5. The van der Waals surface area contributed by atoms with E-state index in [0.717, 1.165) is 0 Å². The van der Waals surface area contributed by atoms with Crippen LogP contribution in [0.2, 0.25) is 15.1 Å². The molecule has 0 unspecified atom stereocenters. The highest BCUT2D eigenvalue weighted by Crippen LogP contribution is 2.29. The van der Waals surface area contributed by atoms with Crippen LogP contribution in [0.3, 0.4) is 0 Å². The first kappa shape index (κ1) is 13.1. The Labute approximate surface area is 106 Å². The average Bonchev–Trinajstić information content (AvgIpc) is 2.15. The van der Waals surface area contributed by atoms with Crippen LogP contribution in [0, 0.1) is 0 Å². The molecule has 0 atom stereocenters. The summed E-state index contributed by atoms with van der Waals surface area (Å²) < 4.78 is 4.44. The third kappa shape index (κ3) is 3.27. The van der Waals surface area contributed by atoms with Gasteiger partial charge in [0.2, 0.25) is 0 Å². The van der Waals surface area contributed by atoms with Crippen LogP contribution in [0.5, 0.6) is 0 Å². The van der Waals surface area contributed by atoms with Crippen LogP contribution in [0.25, 0.3) is 0 Å². The molecule has 4 nitrogen and oxygen atoms in total. The monoisotopic (exact) mass is 282 g/mol. The zero-order valence-electron chi connectivity index (χ0n) is 7.67. The Bertz CT molecular complexity index is 421. The van der Waals surface area contributed by atoms with Gasteiger partial charge in [0.15, 0.2) is 0 Å². The molecule has 1 rings (SSSR count). The molecule has 1 aromatic rings. The van der Waals surface area contributed by atoms with Crippen LogP contribution >= 0.6 is 34.8 Å². The van der Waals surface area contributed by atoms with Gasteiger partial charge in [-0.2, -0.15) is 0 Å². The Morgan fingerprint density at radius 3 is 2.12 bits per heavy atom. The van der Waals surface area contributed by atoms with Crippen molar-refractivity contribution in [1.82, 2.24) is 0 Å². The fraction of sp³-hybridized carbons (Fsp3) is 0.111. The molecule has 0 aliphatic rings. The van der Waals surface area contributed by atoms with Crippen molar-refractivity contribution >= 4 is 46.7 Å². The van der Waals surface area contributed by atoms with E-state index >= 15 is 0 Å². The summed E-state index contributed by atoms with van der Waals surface area (Å²) in [5, 5.41) is 9.03. The van der Waals surface area contributed by atoms with Crippen molar-refractivity contribution < 1.29 is 19.4 Å². The molecule has 7 heteroatoms. The molecule has 1 aromatic carbocycles. The van der Waals surface area contributed by atoms with E-state index in [9.17, 15) is 9.59 Å². The summed E-state index contributed by atoms with van der Waals surface area (Å²) in [7, 11) is 0. The molecule has 0 bridgehead atoms. The Morgan fingerprint density at radius 1 is 1.19 bits per heavy atom. The van der Waals surface area contributed by atoms with Gasteiger partial charge in [0.25, 0.3) is 0 Å². The maximum Gasteiger partial charge on any atom is 0.417 e. The molecule has 1 N–H and O–H groups in total. The fourth-order valence-electron chi connectivity index (χ4n) is 0.909. The molecule has 0 aromatic heterocycles. The lowest BCUT2D eigenvalue weighted by Crippen LogP contribution is -2.16. The second-order valence-corrected chi connectivity index (χ2v) is 3.98. The summed E-state index contributed by atoms with van der Waals surface area (Å²) >= 11 is 17.2. The largest absolute Gasteiger partial charge is 0.473 e. The predicted molar refractivity (Wildman–Crippen MR) is 58.9 cm³/mol. The minimum atomic E-state index is -1.68. The van der Waals surface area contributed by atoms with Gasteiger partial charge in [-0.15, -0.1) is 0 Å². The first-order valence-corrected chi connectivity index (χ1v) is 5.08. The van der Waals surface area contributed by atoms with Gasteiger partial charge in [-0.3, -0.25) is 0 Å². The van der Waals surface area contributed by atoms with Crippen LogP contribution in [-0.2, 0) is 20.9 Å². The van der Waals surface area contributed by atoms with E-state index < -0.39 is 11.9 Å². The number of hydrogen-bond acceptors (Lipinski definition) is 3. The number of rotatable bonds is 2. The smallest absolute Gasteiger partial charge is 0.417 e. The molecule has 16 heavy (non-hydrogen) atoms. The summed E-state index contributed by atoms with van der Waals surface area (Å²) in [4.78, 5) is 20.9. The van der Waals surface area contributed by atoms with Crippen LogP contribution < -0.4 is 0 Å². The molecule has 0 heterocycles. The number of halogens is 3. The van der Waals surface area contributed by atoms with Gasteiger partial charge >= 0.3 is 11.9 Å². The Hall–Kier alpha value is -0.970. The number of carboxylic acids is 1. The van der Waals surface area contributed by atoms with Crippen LogP contribution in [0.1, 0.15) is 5.56 Å². The maximum atomic E-state index is 10.7. The molecule has 86 valence electrons. The second kappa shape index (κ2) is 5.39. The van der Waals surface area contributed by atoms with E-state index in [2.05, 4.69) is 4.74 Å². The van der Waals surface area contributed by atoms with Gasteiger partial charge in [-0.25, -0.2) is 9.59 Å². The molecule has 0 radical (unpaired) electrons. The van der Waals surface area contributed by atoms with Crippen molar-refractivity contribution in [1.29, 1.82) is 0 Å². The third-order valence-electron chi connectivity index (χ3n) is 1.63. The molecule has 0 fully saturated rings. The zero-order valence-corrected chi connectivity index (χ0v) is 9.94. The molecular formula is C9H5Cl3O4. The van der Waals surface area contributed by atoms with Crippen molar-refractivity contribution in [3.63, 3.8) is 0 Å². The van der Waals surface area contributed by atoms with Gasteiger partial charge in [0, 0.05) is 10.6 Å². The fourth-order valence-corrected chi connectivity index (χ4v) is 1.84. The van der Waals surface area contributed by atoms with Crippen molar-refractivity contribution in [2.24, 2.45) is 0 Å². The van der Waals surface area contributed by atoms with E-state index in [-0.39, 0.29) is 16.7 Å². The molecule has 0 saturated carbocycles. The van der Waals surface area contributed by atoms with Gasteiger partial charge in [0.05, 0.1) is 10.0 Å². The number of carbonyl (C=O) groups is 2. The molecule has 0 aliphatic carbocycles. The zero-order chi connectivity index (χ0) is 12.3. The highest BCUT2D eigenvalue weighted by molar-refractivity contribution is 6.39. The number of carbonyl (C=O) groups excluding carboxylic acids is 1. The van der Waals surface area contributed by atoms with E-state index in [4.69, 9.17) is 39.9 Å². The van der Waals surface area contributed by atoms with E-state index in [0.29, 0.717) is 10.6 Å². The van der Waals surface area contributed by atoms with Crippen molar-refractivity contribution in [2.45, 2.75) is 6.61 Å². The SMILES string of the molecule is O=C(O)C(=O)OCc1c(Cl)cc(Cl)cc1Cl. The summed E-state index contributed by atoms with van der Waals surface area (Å²) in [6.07, 6.45) is 0. The first-order chi connectivity index (χ1) is 7.41. The van der Waals surface area contributed by atoms with E-state index in [1.54, 1.807) is 0 Å². The van der Waals surface area contributed by atoms with Gasteiger partial charge < -0.3 is 9.84 Å². The quantitative estimate of drug-likeness (QED) is 0.669. The number of hydrogen-bond donors (Lipinski definition) is 1. The summed E-state index contributed by atoms with van der Waals surface area (Å²) in [5.74, 6) is -3.05. The van der Waals surface area contributed by atoms with Crippen LogP contribution in [-0.4, -0.2) is 17.0 Å². The maximum absolute atomic E-state index is 10.7. The summed E-state index contributed by atoms with van der Waals surface area (Å²) in [6.45, 7) is -0.319. The molecule has 0 aliphatic heterocycles. The minimum Gasteiger partial charge on any atom is -0.473 e.